The molecule has 0 saturated carbocycles. The zero-order valence-electron chi connectivity index (χ0n) is 10.9. The summed E-state index contributed by atoms with van der Waals surface area (Å²) in [6.07, 6.45) is 0. The van der Waals surface area contributed by atoms with E-state index in [1.54, 1.807) is 21.3 Å². The molecule has 0 bridgehead atoms. The normalized spacial score (nSPS) is 13.7. The van der Waals surface area contributed by atoms with Crippen LogP contribution in [0.25, 0.3) is 0 Å². The second kappa shape index (κ2) is 6.27. The molecule has 5 heteroatoms. The Morgan fingerprint density at radius 1 is 1.12 bits per heavy atom. The minimum absolute atomic E-state index is 0.0576. The molecule has 0 heterocycles. The Balaban J connectivity index is 3.13. The minimum atomic E-state index is -2.66. The van der Waals surface area contributed by atoms with E-state index in [4.69, 9.17) is 19.0 Å². The van der Waals surface area contributed by atoms with Crippen LogP contribution in [0.5, 0.6) is 0 Å². The van der Waals surface area contributed by atoms with Crippen molar-refractivity contribution < 1.29 is 13.3 Å². The van der Waals surface area contributed by atoms with E-state index >= 15 is 0 Å². The first kappa shape index (κ1) is 14.3. The fourth-order valence-corrected chi connectivity index (χ4v) is 4.34. The highest BCUT2D eigenvalue weighted by Gasteiger charge is 2.45. The van der Waals surface area contributed by atoms with Gasteiger partial charge in [0.2, 0.25) is 0 Å². The first-order valence-corrected chi connectivity index (χ1v) is 7.38. The van der Waals surface area contributed by atoms with Crippen LogP contribution in [-0.2, 0) is 19.8 Å². The zero-order chi connectivity index (χ0) is 12.9. The molecule has 1 atom stereocenters. The highest BCUT2D eigenvalue weighted by molar-refractivity contribution is 6.62. The summed E-state index contributed by atoms with van der Waals surface area (Å²) in [7, 11) is 2.21. The number of nitrogens with two attached hydrogens (primary N) is 1. The highest BCUT2D eigenvalue weighted by atomic mass is 28.4. The number of hydrogen-bond donors (Lipinski definition) is 1. The monoisotopic (exact) mass is 255 g/mol. The van der Waals surface area contributed by atoms with E-state index in [0.29, 0.717) is 6.54 Å². The van der Waals surface area contributed by atoms with Crippen LogP contribution in [0.15, 0.2) is 24.3 Å². The number of benzene rings is 1. The van der Waals surface area contributed by atoms with Gasteiger partial charge in [-0.3, -0.25) is 0 Å². The van der Waals surface area contributed by atoms with Crippen LogP contribution in [0.1, 0.15) is 23.6 Å². The zero-order valence-corrected chi connectivity index (χ0v) is 11.9. The van der Waals surface area contributed by atoms with Crippen LogP contribution in [-0.4, -0.2) is 30.1 Å². The Morgan fingerprint density at radius 3 is 2.12 bits per heavy atom. The number of hydrogen-bond acceptors (Lipinski definition) is 4. The average Bonchev–Trinajstić information content (AvgIpc) is 2.41. The van der Waals surface area contributed by atoms with Crippen molar-refractivity contribution in [2.45, 2.75) is 19.0 Å². The summed E-state index contributed by atoms with van der Waals surface area (Å²) >= 11 is 0. The SMILES string of the molecule is CO[Si](OC)(OC)C(C)c1ccccc1CN. The summed E-state index contributed by atoms with van der Waals surface area (Å²) in [5, 5.41) is 0. The molecule has 1 unspecified atom stereocenters. The molecule has 4 nitrogen and oxygen atoms in total. The first-order chi connectivity index (χ1) is 8.15. The minimum Gasteiger partial charge on any atom is -0.376 e. The van der Waals surface area contributed by atoms with Gasteiger partial charge in [-0.2, -0.15) is 0 Å². The van der Waals surface area contributed by atoms with Crippen molar-refractivity contribution in [2.24, 2.45) is 5.73 Å². The van der Waals surface area contributed by atoms with Crippen molar-refractivity contribution in [3.05, 3.63) is 35.4 Å². The Morgan fingerprint density at radius 2 is 1.65 bits per heavy atom. The standard InChI is InChI=1S/C12H21NO3Si/c1-10(17(14-2,15-3)16-4)12-8-6-5-7-11(12)9-13/h5-8,10H,9,13H2,1-4H3. The van der Waals surface area contributed by atoms with Gasteiger partial charge in [-0.25, -0.2) is 0 Å². The molecule has 0 fully saturated rings. The van der Waals surface area contributed by atoms with Crippen LogP contribution in [0.3, 0.4) is 0 Å². The molecule has 0 radical (unpaired) electrons. The Kier molecular flexibility index (Phi) is 5.29. The molecule has 0 aromatic heterocycles. The summed E-state index contributed by atoms with van der Waals surface area (Å²) in [4.78, 5) is 0. The molecule has 0 aliphatic carbocycles. The second-order valence-electron chi connectivity index (χ2n) is 3.84. The van der Waals surface area contributed by atoms with Crippen molar-refractivity contribution in [1.29, 1.82) is 0 Å². The van der Waals surface area contributed by atoms with E-state index in [1.165, 1.54) is 0 Å². The van der Waals surface area contributed by atoms with Gasteiger partial charge in [0, 0.05) is 27.9 Å². The predicted molar refractivity (Wildman–Crippen MR) is 69.5 cm³/mol. The van der Waals surface area contributed by atoms with E-state index in [-0.39, 0.29) is 5.54 Å². The maximum atomic E-state index is 5.75. The van der Waals surface area contributed by atoms with Gasteiger partial charge in [0.15, 0.2) is 0 Å². The fraction of sp³-hybridized carbons (Fsp3) is 0.500. The lowest BCUT2D eigenvalue weighted by Crippen LogP contribution is -2.48. The van der Waals surface area contributed by atoms with E-state index in [1.807, 2.05) is 24.3 Å². The lowest BCUT2D eigenvalue weighted by atomic mass is 10.1. The van der Waals surface area contributed by atoms with Crippen molar-refractivity contribution in [2.75, 3.05) is 21.3 Å². The van der Waals surface area contributed by atoms with E-state index in [0.717, 1.165) is 11.1 Å². The molecule has 0 aliphatic rings. The number of rotatable bonds is 6. The molecule has 0 spiro atoms. The Bertz CT molecular complexity index is 347. The molecule has 96 valence electrons. The maximum absolute atomic E-state index is 5.75. The second-order valence-corrected chi connectivity index (χ2v) is 7.14. The van der Waals surface area contributed by atoms with Crippen molar-refractivity contribution in [1.82, 2.24) is 0 Å². The highest BCUT2D eigenvalue weighted by Crippen LogP contribution is 2.30. The van der Waals surface area contributed by atoms with E-state index < -0.39 is 8.80 Å². The third kappa shape index (κ3) is 2.75. The van der Waals surface area contributed by atoms with Gasteiger partial charge in [0.25, 0.3) is 0 Å². The molecule has 0 saturated heterocycles. The van der Waals surface area contributed by atoms with Gasteiger partial charge in [0.1, 0.15) is 0 Å². The summed E-state index contributed by atoms with van der Waals surface area (Å²) in [5.74, 6) is 0. The largest absolute Gasteiger partial charge is 0.507 e. The van der Waals surface area contributed by atoms with Gasteiger partial charge in [-0.05, 0) is 11.1 Å². The summed E-state index contributed by atoms with van der Waals surface area (Å²) in [5.41, 5.74) is 8.04. The van der Waals surface area contributed by atoms with Crippen LogP contribution < -0.4 is 5.73 Å². The molecule has 1 aromatic rings. The van der Waals surface area contributed by atoms with Gasteiger partial charge in [0.05, 0.1) is 5.54 Å². The lowest BCUT2D eigenvalue weighted by Gasteiger charge is -2.31. The van der Waals surface area contributed by atoms with Crippen molar-refractivity contribution in [3.63, 3.8) is 0 Å². The molecule has 17 heavy (non-hydrogen) atoms. The molecular formula is C12H21NO3Si. The third-order valence-electron chi connectivity index (χ3n) is 3.13. The topological polar surface area (TPSA) is 53.7 Å². The van der Waals surface area contributed by atoms with E-state index in [2.05, 4.69) is 6.92 Å². The van der Waals surface area contributed by atoms with Gasteiger partial charge < -0.3 is 19.0 Å². The third-order valence-corrected chi connectivity index (χ3v) is 6.20. The Hall–Kier alpha value is -0.723. The smallest absolute Gasteiger partial charge is 0.376 e. The molecule has 1 rings (SSSR count). The van der Waals surface area contributed by atoms with Gasteiger partial charge >= 0.3 is 8.80 Å². The molecule has 0 aliphatic heterocycles. The van der Waals surface area contributed by atoms with Crippen LogP contribution in [0.4, 0.5) is 0 Å². The average molecular weight is 255 g/mol. The fourth-order valence-electron chi connectivity index (χ4n) is 2.11. The summed E-state index contributed by atoms with van der Waals surface area (Å²) in [6.45, 7) is 2.55. The van der Waals surface area contributed by atoms with Crippen LogP contribution in [0.2, 0.25) is 0 Å². The van der Waals surface area contributed by atoms with Crippen molar-refractivity contribution in [3.8, 4) is 0 Å². The van der Waals surface area contributed by atoms with Gasteiger partial charge in [-0.15, -0.1) is 0 Å². The molecule has 0 amide bonds. The first-order valence-electron chi connectivity index (χ1n) is 5.58. The molecule has 2 N–H and O–H groups in total. The quantitative estimate of drug-likeness (QED) is 0.786. The summed E-state index contributed by atoms with van der Waals surface area (Å²) in [6, 6.07) is 8.04. The predicted octanol–water partition coefficient (Wildman–Crippen LogP) is 1.67. The summed E-state index contributed by atoms with van der Waals surface area (Å²) < 4.78 is 16.5. The molecule has 1 aromatic carbocycles. The van der Waals surface area contributed by atoms with E-state index in [9.17, 15) is 0 Å². The Labute approximate surface area is 104 Å². The molecular weight excluding hydrogens is 234 g/mol. The van der Waals surface area contributed by atoms with Gasteiger partial charge in [-0.1, -0.05) is 31.2 Å². The van der Waals surface area contributed by atoms with Crippen molar-refractivity contribution >= 4 is 8.80 Å². The lowest BCUT2D eigenvalue weighted by molar-refractivity contribution is 0.114. The maximum Gasteiger partial charge on any atom is 0.507 e. The van der Waals surface area contributed by atoms with Crippen LogP contribution >= 0.6 is 0 Å². The van der Waals surface area contributed by atoms with Crippen LogP contribution in [0, 0.1) is 0 Å².